The zero-order chi connectivity index (χ0) is 19.6. The van der Waals surface area contributed by atoms with Crippen molar-refractivity contribution in [3.63, 3.8) is 0 Å². The van der Waals surface area contributed by atoms with E-state index in [9.17, 15) is 4.79 Å². The summed E-state index contributed by atoms with van der Waals surface area (Å²) in [7, 11) is 0. The van der Waals surface area contributed by atoms with Crippen molar-refractivity contribution >= 4 is 39.6 Å². The molecule has 8 nitrogen and oxygen atoms in total. The molecule has 0 saturated carbocycles. The van der Waals surface area contributed by atoms with Gasteiger partial charge in [-0.15, -0.1) is 0 Å². The maximum atomic E-state index is 12.0. The molecule has 0 aliphatic carbocycles. The first-order valence-corrected chi connectivity index (χ1v) is 9.71. The molecular formula is C18H22IN5O3. The summed E-state index contributed by atoms with van der Waals surface area (Å²) in [5.41, 5.74) is 2.34. The van der Waals surface area contributed by atoms with Gasteiger partial charge in [-0.05, 0) is 33.8 Å². The van der Waals surface area contributed by atoms with Crippen molar-refractivity contribution in [1.82, 2.24) is 24.3 Å². The fourth-order valence-electron chi connectivity index (χ4n) is 2.61. The average Bonchev–Trinajstić information content (AvgIpc) is 3.26. The molecule has 1 unspecified atom stereocenters. The normalized spacial score (nSPS) is 13.1. The van der Waals surface area contributed by atoms with E-state index in [-0.39, 0.29) is 18.9 Å². The van der Waals surface area contributed by atoms with Crippen molar-refractivity contribution in [2.75, 3.05) is 6.61 Å². The number of nitrogens with zero attached hydrogens (tertiary/aromatic N) is 5. The molecule has 144 valence electrons. The quantitative estimate of drug-likeness (QED) is 0.290. The van der Waals surface area contributed by atoms with Gasteiger partial charge in [-0.3, -0.25) is 9.36 Å². The lowest BCUT2D eigenvalue weighted by molar-refractivity contribution is -0.148. The van der Waals surface area contributed by atoms with Gasteiger partial charge in [0, 0.05) is 30.0 Å². The first kappa shape index (κ1) is 19.7. The van der Waals surface area contributed by atoms with Crippen molar-refractivity contribution < 1.29 is 14.3 Å². The molecule has 3 aromatic rings. The zero-order valence-electron chi connectivity index (χ0n) is 15.7. The standard InChI is InChI=1S/C18H22IN5O3/c1-5-26-12(2)24-9-13(8-22-24)15-14-6-7-23(16(14)21-10-20-15)11-27-17(25)18(3,4)19/h6-10,12H,5,11H2,1-4H3. The van der Waals surface area contributed by atoms with Crippen LogP contribution in [0.3, 0.4) is 0 Å². The molecular weight excluding hydrogens is 461 g/mol. The smallest absolute Gasteiger partial charge is 0.323 e. The largest absolute Gasteiger partial charge is 0.443 e. The van der Waals surface area contributed by atoms with Gasteiger partial charge in [0.15, 0.2) is 6.73 Å². The monoisotopic (exact) mass is 483 g/mol. The van der Waals surface area contributed by atoms with Gasteiger partial charge in [0.05, 0.1) is 11.9 Å². The first-order valence-electron chi connectivity index (χ1n) is 8.63. The third-order valence-corrected chi connectivity index (χ3v) is 4.47. The minimum Gasteiger partial charge on any atom is -0.443 e. The van der Waals surface area contributed by atoms with E-state index in [1.165, 1.54) is 6.33 Å². The number of ether oxygens (including phenoxy) is 2. The Hall–Kier alpha value is -2.01. The number of aromatic nitrogens is 5. The molecule has 3 heterocycles. The molecule has 0 radical (unpaired) electrons. The number of carbonyl (C=O) groups is 1. The van der Waals surface area contributed by atoms with Crippen LogP contribution >= 0.6 is 22.6 Å². The number of carbonyl (C=O) groups excluding carboxylic acids is 1. The predicted octanol–water partition coefficient (Wildman–Crippen LogP) is 3.56. The van der Waals surface area contributed by atoms with E-state index in [1.54, 1.807) is 15.4 Å². The van der Waals surface area contributed by atoms with E-state index in [4.69, 9.17) is 9.47 Å². The van der Waals surface area contributed by atoms with Gasteiger partial charge in [-0.1, -0.05) is 22.6 Å². The Balaban J connectivity index is 1.87. The predicted molar refractivity (Wildman–Crippen MR) is 109 cm³/mol. The molecule has 3 rings (SSSR count). The molecule has 9 heteroatoms. The zero-order valence-corrected chi connectivity index (χ0v) is 17.9. The van der Waals surface area contributed by atoms with E-state index < -0.39 is 3.42 Å². The van der Waals surface area contributed by atoms with Crippen molar-refractivity contribution in [1.29, 1.82) is 0 Å². The molecule has 0 aliphatic heterocycles. The number of rotatable bonds is 7. The summed E-state index contributed by atoms with van der Waals surface area (Å²) < 4.78 is 13.9. The highest BCUT2D eigenvalue weighted by Gasteiger charge is 2.25. The molecule has 3 aromatic heterocycles. The molecule has 0 saturated heterocycles. The number of hydrogen-bond donors (Lipinski definition) is 0. The van der Waals surface area contributed by atoms with Crippen LogP contribution in [0.2, 0.25) is 0 Å². The fraction of sp³-hybridized carbons (Fsp3) is 0.444. The summed E-state index contributed by atoms with van der Waals surface area (Å²) in [6.07, 6.45) is 6.85. The van der Waals surface area contributed by atoms with Gasteiger partial charge >= 0.3 is 5.97 Å². The first-order chi connectivity index (χ1) is 12.8. The highest BCUT2D eigenvalue weighted by Crippen LogP contribution is 2.27. The molecule has 0 amide bonds. The molecule has 0 bridgehead atoms. The number of hydrogen-bond acceptors (Lipinski definition) is 6. The maximum absolute atomic E-state index is 12.0. The molecule has 1 atom stereocenters. The van der Waals surface area contributed by atoms with Crippen molar-refractivity contribution in [3.8, 4) is 11.3 Å². The van der Waals surface area contributed by atoms with Crippen LogP contribution in [0.25, 0.3) is 22.3 Å². The number of alkyl halides is 1. The lowest BCUT2D eigenvalue weighted by Gasteiger charge is -2.15. The second kappa shape index (κ2) is 7.93. The third kappa shape index (κ3) is 4.29. The van der Waals surface area contributed by atoms with Crippen molar-refractivity contribution in [3.05, 3.63) is 31.0 Å². The Labute approximate surface area is 171 Å². The third-order valence-electron chi connectivity index (χ3n) is 4.03. The van der Waals surface area contributed by atoms with E-state index in [1.807, 2.05) is 46.2 Å². The van der Waals surface area contributed by atoms with Crippen molar-refractivity contribution in [2.24, 2.45) is 0 Å². The summed E-state index contributed by atoms with van der Waals surface area (Å²) in [5.74, 6) is -0.273. The second-order valence-corrected chi connectivity index (χ2v) is 9.24. The van der Waals surface area contributed by atoms with Crippen LogP contribution in [0.15, 0.2) is 31.0 Å². The van der Waals surface area contributed by atoms with Gasteiger partial charge < -0.3 is 9.47 Å². The summed E-state index contributed by atoms with van der Waals surface area (Å²) in [6, 6.07) is 1.91. The number of halogens is 1. The van der Waals surface area contributed by atoms with E-state index in [0.717, 1.165) is 16.6 Å². The van der Waals surface area contributed by atoms with Crippen molar-refractivity contribution in [2.45, 2.75) is 44.1 Å². The second-order valence-electron chi connectivity index (χ2n) is 6.54. The highest BCUT2D eigenvalue weighted by atomic mass is 127. The van der Waals surface area contributed by atoms with Crippen LogP contribution in [-0.4, -0.2) is 40.3 Å². The van der Waals surface area contributed by atoms with Crippen LogP contribution in [-0.2, 0) is 21.0 Å². The van der Waals surface area contributed by atoms with E-state index in [2.05, 4.69) is 37.7 Å². The molecule has 0 spiro atoms. The number of esters is 1. The molecule has 0 aromatic carbocycles. The summed E-state index contributed by atoms with van der Waals surface area (Å²) in [5, 5.41) is 5.23. The van der Waals surface area contributed by atoms with Gasteiger partial charge in [-0.2, -0.15) is 5.10 Å². The lowest BCUT2D eigenvalue weighted by atomic mass is 10.2. The number of fused-ring (bicyclic) bond motifs is 1. The molecule has 0 fully saturated rings. The summed E-state index contributed by atoms with van der Waals surface area (Å²) in [4.78, 5) is 20.8. The Bertz CT molecular complexity index is 944. The maximum Gasteiger partial charge on any atom is 0.323 e. The Morgan fingerprint density at radius 3 is 2.85 bits per heavy atom. The van der Waals surface area contributed by atoms with Gasteiger partial charge in [0.1, 0.15) is 21.6 Å². The molecule has 0 N–H and O–H groups in total. The van der Waals surface area contributed by atoms with Crippen LogP contribution < -0.4 is 0 Å². The Kier molecular flexibility index (Phi) is 5.80. The molecule has 27 heavy (non-hydrogen) atoms. The van der Waals surface area contributed by atoms with Gasteiger partial charge in [-0.25, -0.2) is 14.6 Å². The van der Waals surface area contributed by atoms with Gasteiger partial charge in [0.25, 0.3) is 0 Å². The fourth-order valence-corrected chi connectivity index (χ4v) is 2.77. The van der Waals surface area contributed by atoms with E-state index >= 15 is 0 Å². The topological polar surface area (TPSA) is 84.1 Å². The van der Waals surface area contributed by atoms with Crippen LogP contribution in [0.5, 0.6) is 0 Å². The van der Waals surface area contributed by atoms with Gasteiger partial charge in [0.2, 0.25) is 0 Å². The van der Waals surface area contributed by atoms with Crippen LogP contribution in [0.1, 0.15) is 33.9 Å². The average molecular weight is 483 g/mol. The molecule has 0 aliphatic rings. The summed E-state index contributed by atoms with van der Waals surface area (Å²) >= 11 is 2.06. The lowest BCUT2D eigenvalue weighted by Crippen LogP contribution is -2.27. The Morgan fingerprint density at radius 1 is 1.37 bits per heavy atom. The highest BCUT2D eigenvalue weighted by molar-refractivity contribution is 14.1. The van der Waals surface area contributed by atoms with Crippen LogP contribution in [0, 0.1) is 0 Å². The Morgan fingerprint density at radius 2 is 2.15 bits per heavy atom. The minimum absolute atomic E-state index is 0.103. The minimum atomic E-state index is -0.577. The van der Waals surface area contributed by atoms with Crippen LogP contribution in [0.4, 0.5) is 0 Å². The van der Waals surface area contributed by atoms with E-state index in [0.29, 0.717) is 12.3 Å². The summed E-state index contributed by atoms with van der Waals surface area (Å²) in [6.45, 7) is 8.23. The SMILES string of the molecule is CCOC(C)n1cc(-c2ncnc3c2ccn3COC(=O)C(C)(C)I)cn1.